The second-order valence-corrected chi connectivity index (χ2v) is 5.97. The number of benzene rings is 1. The number of hydrogen-bond acceptors (Lipinski definition) is 6. The summed E-state index contributed by atoms with van der Waals surface area (Å²) in [6.45, 7) is 3.77. The van der Waals surface area contributed by atoms with Crippen molar-refractivity contribution in [3.8, 4) is 11.4 Å². The molecule has 0 radical (unpaired) electrons. The largest absolute Gasteiger partial charge is 0.367 e. The van der Waals surface area contributed by atoms with Crippen LogP contribution in [0.4, 0.5) is 10.1 Å². The molecule has 0 bridgehead atoms. The van der Waals surface area contributed by atoms with E-state index in [0.29, 0.717) is 23.9 Å². The van der Waals surface area contributed by atoms with Crippen molar-refractivity contribution >= 4 is 5.69 Å². The summed E-state index contributed by atoms with van der Waals surface area (Å²) >= 11 is 0. The van der Waals surface area contributed by atoms with Crippen LogP contribution in [0.5, 0.6) is 0 Å². The number of piperazine rings is 1. The minimum atomic E-state index is -0.172. The number of pyridine rings is 1. The lowest BCUT2D eigenvalue weighted by atomic mass is 10.2. The van der Waals surface area contributed by atoms with Gasteiger partial charge < -0.3 is 9.42 Å². The number of rotatable bonds is 4. The molecule has 4 rings (SSSR count). The second-order valence-electron chi connectivity index (χ2n) is 5.97. The van der Waals surface area contributed by atoms with Gasteiger partial charge in [0.1, 0.15) is 5.82 Å². The van der Waals surface area contributed by atoms with Gasteiger partial charge in [-0.3, -0.25) is 9.88 Å². The standard InChI is InChI=1S/C18H18FN5O/c19-15-5-1-2-6-16(15)24-10-8-23(9-11-24)13-17-21-18(22-25-17)14-4-3-7-20-12-14/h1-7,12H,8-11,13H2. The predicted molar refractivity (Wildman–Crippen MR) is 91.4 cm³/mol. The van der Waals surface area contributed by atoms with Gasteiger partial charge in [-0.25, -0.2) is 4.39 Å². The lowest BCUT2D eigenvalue weighted by Crippen LogP contribution is -2.46. The Morgan fingerprint density at radius 1 is 1.04 bits per heavy atom. The maximum atomic E-state index is 13.9. The van der Waals surface area contributed by atoms with Crippen molar-refractivity contribution in [2.45, 2.75) is 6.54 Å². The van der Waals surface area contributed by atoms with Crippen LogP contribution < -0.4 is 4.90 Å². The molecule has 0 atom stereocenters. The van der Waals surface area contributed by atoms with E-state index in [-0.39, 0.29) is 5.82 Å². The molecule has 7 heteroatoms. The fraction of sp³-hybridized carbons (Fsp3) is 0.278. The van der Waals surface area contributed by atoms with Gasteiger partial charge in [-0.2, -0.15) is 4.98 Å². The molecule has 1 fully saturated rings. The molecule has 3 aromatic rings. The van der Waals surface area contributed by atoms with Gasteiger partial charge in [0.25, 0.3) is 0 Å². The molecule has 6 nitrogen and oxygen atoms in total. The zero-order valence-corrected chi connectivity index (χ0v) is 13.7. The van der Waals surface area contributed by atoms with Gasteiger partial charge in [-0.15, -0.1) is 0 Å². The number of hydrogen-bond donors (Lipinski definition) is 0. The molecule has 0 N–H and O–H groups in total. The minimum absolute atomic E-state index is 0.172. The lowest BCUT2D eigenvalue weighted by Gasteiger charge is -2.35. The van der Waals surface area contributed by atoms with E-state index in [2.05, 4.69) is 24.9 Å². The van der Waals surface area contributed by atoms with Crippen LogP contribution in [0.25, 0.3) is 11.4 Å². The Morgan fingerprint density at radius 2 is 1.88 bits per heavy atom. The maximum absolute atomic E-state index is 13.9. The third kappa shape index (κ3) is 3.51. The first-order chi connectivity index (χ1) is 12.3. The van der Waals surface area contributed by atoms with Crippen molar-refractivity contribution in [3.05, 3.63) is 60.5 Å². The van der Waals surface area contributed by atoms with E-state index in [1.165, 1.54) is 6.07 Å². The molecular formula is C18H18FN5O. The number of nitrogens with zero attached hydrogens (tertiary/aromatic N) is 5. The molecule has 25 heavy (non-hydrogen) atoms. The fourth-order valence-corrected chi connectivity index (χ4v) is 2.98. The first-order valence-corrected chi connectivity index (χ1v) is 8.24. The van der Waals surface area contributed by atoms with Crippen LogP contribution in [0.1, 0.15) is 5.89 Å². The smallest absolute Gasteiger partial charge is 0.241 e. The quantitative estimate of drug-likeness (QED) is 0.728. The summed E-state index contributed by atoms with van der Waals surface area (Å²) in [5.74, 6) is 0.959. The Kier molecular flexibility index (Phi) is 4.39. The van der Waals surface area contributed by atoms with Crippen LogP contribution in [0.2, 0.25) is 0 Å². The van der Waals surface area contributed by atoms with Crippen molar-refractivity contribution in [3.63, 3.8) is 0 Å². The van der Waals surface area contributed by atoms with Crippen molar-refractivity contribution < 1.29 is 8.91 Å². The highest BCUT2D eigenvalue weighted by atomic mass is 19.1. The summed E-state index contributed by atoms with van der Waals surface area (Å²) in [5.41, 5.74) is 1.50. The van der Waals surface area contributed by atoms with Crippen LogP contribution in [-0.4, -0.2) is 46.2 Å². The van der Waals surface area contributed by atoms with E-state index in [0.717, 1.165) is 31.7 Å². The molecule has 2 aromatic heterocycles. The maximum Gasteiger partial charge on any atom is 0.241 e. The number of para-hydroxylation sites is 1. The zero-order chi connectivity index (χ0) is 17.1. The summed E-state index contributed by atoms with van der Waals surface area (Å²) in [6.07, 6.45) is 3.42. The van der Waals surface area contributed by atoms with Crippen LogP contribution in [0.3, 0.4) is 0 Å². The molecule has 1 saturated heterocycles. The predicted octanol–water partition coefficient (Wildman–Crippen LogP) is 2.59. The van der Waals surface area contributed by atoms with Gasteiger partial charge in [0.05, 0.1) is 12.2 Å². The third-order valence-corrected chi connectivity index (χ3v) is 4.31. The van der Waals surface area contributed by atoms with Crippen LogP contribution in [-0.2, 0) is 6.54 Å². The van der Waals surface area contributed by atoms with E-state index in [1.54, 1.807) is 18.5 Å². The molecule has 1 aromatic carbocycles. The summed E-state index contributed by atoms with van der Waals surface area (Å²) in [4.78, 5) is 12.8. The molecule has 3 heterocycles. The van der Waals surface area contributed by atoms with Gasteiger partial charge in [0, 0.05) is 44.1 Å². The van der Waals surface area contributed by atoms with Crippen molar-refractivity contribution in [1.82, 2.24) is 20.0 Å². The summed E-state index contributed by atoms with van der Waals surface area (Å²) in [7, 11) is 0. The Morgan fingerprint density at radius 3 is 2.64 bits per heavy atom. The first-order valence-electron chi connectivity index (χ1n) is 8.24. The molecular weight excluding hydrogens is 321 g/mol. The van der Waals surface area contributed by atoms with Crippen LogP contribution in [0.15, 0.2) is 53.3 Å². The molecule has 0 saturated carbocycles. The highest BCUT2D eigenvalue weighted by molar-refractivity contribution is 5.51. The molecule has 0 unspecified atom stereocenters. The van der Waals surface area contributed by atoms with E-state index in [1.807, 2.05) is 24.3 Å². The molecule has 128 valence electrons. The number of aromatic nitrogens is 3. The minimum Gasteiger partial charge on any atom is -0.367 e. The van der Waals surface area contributed by atoms with E-state index in [9.17, 15) is 4.39 Å². The number of halogens is 1. The summed E-state index contributed by atoms with van der Waals surface area (Å²) in [5, 5.41) is 4.01. The Hall–Kier alpha value is -2.80. The molecule has 0 aliphatic carbocycles. The highest BCUT2D eigenvalue weighted by Crippen LogP contribution is 2.21. The van der Waals surface area contributed by atoms with Gasteiger partial charge in [-0.1, -0.05) is 17.3 Å². The Balaban J connectivity index is 1.36. The van der Waals surface area contributed by atoms with E-state index < -0.39 is 0 Å². The molecule has 1 aliphatic rings. The normalized spacial score (nSPS) is 15.5. The topological polar surface area (TPSA) is 58.3 Å². The Labute approximate surface area is 144 Å². The van der Waals surface area contributed by atoms with Gasteiger partial charge in [-0.05, 0) is 24.3 Å². The highest BCUT2D eigenvalue weighted by Gasteiger charge is 2.21. The second kappa shape index (κ2) is 6.98. The SMILES string of the molecule is Fc1ccccc1N1CCN(Cc2nc(-c3cccnc3)no2)CC1. The monoisotopic (exact) mass is 339 g/mol. The molecule has 0 amide bonds. The van der Waals surface area contributed by atoms with Gasteiger partial charge in [0.2, 0.25) is 11.7 Å². The van der Waals surface area contributed by atoms with Gasteiger partial charge in [0.15, 0.2) is 0 Å². The van der Waals surface area contributed by atoms with E-state index >= 15 is 0 Å². The Bertz CT molecular complexity index is 830. The summed E-state index contributed by atoms with van der Waals surface area (Å²) in [6, 6.07) is 10.6. The van der Waals surface area contributed by atoms with Gasteiger partial charge >= 0.3 is 0 Å². The first kappa shape index (κ1) is 15.7. The van der Waals surface area contributed by atoms with Crippen molar-refractivity contribution in [2.75, 3.05) is 31.1 Å². The lowest BCUT2D eigenvalue weighted by molar-refractivity contribution is 0.215. The average molecular weight is 339 g/mol. The average Bonchev–Trinajstić information content (AvgIpc) is 3.12. The van der Waals surface area contributed by atoms with Crippen molar-refractivity contribution in [1.29, 1.82) is 0 Å². The summed E-state index contributed by atoms with van der Waals surface area (Å²) < 4.78 is 19.2. The zero-order valence-electron chi connectivity index (χ0n) is 13.7. The van der Waals surface area contributed by atoms with E-state index in [4.69, 9.17) is 4.52 Å². The number of anilines is 1. The van der Waals surface area contributed by atoms with Crippen molar-refractivity contribution in [2.24, 2.45) is 0 Å². The molecule has 0 spiro atoms. The van der Waals surface area contributed by atoms with Crippen LogP contribution >= 0.6 is 0 Å². The van der Waals surface area contributed by atoms with Crippen LogP contribution in [0, 0.1) is 5.82 Å². The molecule has 1 aliphatic heterocycles. The third-order valence-electron chi connectivity index (χ3n) is 4.31. The fourth-order valence-electron chi connectivity index (χ4n) is 2.98.